The summed E-state index contributed by atoms with van der Waals surface area (Å²) in [6.45, 7) is 2.71. The number of hydrogen-bond donors (Lipinski definition) is 3. The van der Waals surface area contributed by atoms with Crippen LogP contribution in [-0.4, -0.2) is 68.4 Å². The Morgan fingerprint density at radius 1 is 1.24 bits per heavy atom. The molecule has 198 valence electrons. The van der Waals surface area contributed by atoms with Crippen molar-refractivity contribution >= 4 is 33.2 Å². The standard InChI is InChI=1S/C25H29ClN4O6S/c1-37(33,34)29-21-13-18(5-8-20(21)26)23(31)15-27-9-12-35-19-6-3-17(4-7-19)22-16-36-24(28-22)14-25(32)30-10-2-11-30/h3-8,13,16,23,27,29,31H,2,9-12,14-15H2,1H3/t23-/m0/s1. The van der Waals surface area contributed by atoms with Crippen molar-refractivity contribution in [3.05, 3.63) is 65.2 Å². The fourth-order valence-corrected chi connectivity index (χ4v) is 4.47. The molecule has 3 aromatic rings. The SMILES string of the molecule is CS(=O)(=O)Nc1cc([C@@H](O)CNCCOc2ccc(-c3coc(CC(=O)N4CCC4)n3)cc2)ccc1Cl. The second-order valence-electron chi connectivity index (χ2n) is 8.74. The van der Waals surface area contributed by atoms with Crippen molar-refractivity contribution in [2.24, 2.45) is 0 Å². The smallest absolute Gasteiger partial charge is 0.231 e. The third kappa shape index (κ3) is 7.68. The Morgan fingerprint density at radius 2 is 2.00 bits per heavy atom. The normalized spacial score (nSPS) is 14.2. The molecule has 0 radical (unpaired) electrons. The van der Waals surface area contributed by atoms with Gasteiger partial charge in [-0.15, -0.1) is 0 Å². The van der Waals surface area contributed by atoms with Crippen LogP contribution in [0.3, 0.4) is 0 Å². The summed E-state index contributed by atoms with van der Waals surface area (Å²) in [5.74, 6) is 1.12. The monoisotopic (exact) mass is 548 g/mol. The Balaban J connectivity index is 1.20. The van der Waals surface area contributed by atoms with Crippen LogP contribution in [0.25, 0.3) is 11.3 Å². The molecule has 1 aliphatic heterocycles. The minimum absolute atomic E-state index is 0.0337. The molecule has 1 saturated heterocycles. The molecule has 0 aliphatic carbocycles. The average Bonchev–Trinajstić information content (AvgIpc) is 3.27. The van der Waals surface area contributed by atoms with E-state index in [1.54, 1.807) is 17.2 Å². The summed E-state index contributed by atoms with van der Waals surface area (Å²) in [4.78, 5) is 18.3. The molecule has 1 aromatic heterocycles. The summed E-state index contributed by atoms with van der Waals surface area (Å²) in [6.07, 6.45) is 2.94. The van der Waals surface area contributed by atoms with E-state index in [0.717, 1.165) is 31.3 Å². The molecule has 10 nitrogen and oxygen atoms in total. The highest BCUT2D eigenvalue weighted by Crippen LogP contribution is 2.27. The zero-order valence-electron chi connectivity index (χ0n) is 20.3. The first-order valence-corrected chi connectivity index (χ1v) is 14.1. The number of nitrogens with one attached hydrogen (secondary N) is 2. The summed E-state index contributed by atoms with van der Waals surface area (Å²) in [5.41, 5.74) is 2.26. The number of hydrogen-bond acceptors (Lipinski definition) is 8. The molecule has 3 N–H and O–H groups in total. The predicted molar refractivity (Wildman–Crippen MR) is 140 cm³/mol. The van der Waals surface area contributed by atoms with Crippen LogP contribution in [0, 0.1) is 0 Å². The molecule has 37 heavy (non-hydrogen) atoms. The molecule has 12 heteroatoms. The van der Waals surface area contributed by atoms with Gasteiger partial charge in [0.15, 0.2) is 0 Å². The average molecular weight is 549 g/mol. The largest absolute Gasteiger partial charge is 0.492 e. The van der Waals surface area contributed by atoms with Gasteiger partial charge in [0, 0.05) is 31.7 Å². The zero-order chi connectivity index (χ0) is 26.4. The van der Waals surface area contributed by atoms with Gasteiger partial charge in [-0.05, 0) is 48.4 Å². The maximum Gasteiger partial charge on any atom is 0.231 e. The number of halogens is 1. The lowest BCUT2D eigenvalue weighted by Gasteiger charge is -2.30. The molecule has 0 unspecified atom stereocenters. The minimum atomic E-state index is -3.49. The first-order chi connectivity index (χ1) is 17.7. The molecule has 1 amide bonds. The third-order valence-corrected chi connectivity index (χ3v) is 6.69. The van der Waals surface area contributed by atoms with Gasteiger partial charge in [-0.25, -0.2) is 13.4 Å². The molecule has 0 spiro atoms. The van der Waals surface area contributed by atoms with Gasteiger partial charge >= 0.3 is 0 Å². The number of benzene rings is 2. The van der Waals surface area contributed by atoms with Crippen LogP contribution in [0.5, 0.6) is 5.75 Å². The highest BCUT2D eigenvalue weighted by atomic mass is 35.5. The number of aromatic nitrogens is 1. The Labute approximate surface area is 220 Å². The second kappa shape index (κ2) is 12.0. The summed E-state index contributed by atoms with van der Waals surface area (Å²) in [5, 5.41) is 13.8. The van der Waals surface area contributed by atoms with Crippen molar-refractivity contribution in [3.8, 4) is 17.0 Å². The molecular formula is C25H29ClN4O6S. The second-order valence-corrected chi connectivity index (χ2v) is 10.9. The summed E-state index contributed by atoms with van der Waals surface area (Å²) < 4.78 is 36.5. The fraction of sp³-hybridized carbons (Fsp3) is 0.360. The van der Waals surface area contributed by atoms with Crippen LogP contribution in [0.4, 0.5) is 5.69 Å². The van der Waals surface area contributed by atoms with Gasteiger partial charge in [0.1, 0.15) is 30.7 Å². The van der Waals surface area contributed by atoms with Gasteiger partial charge in [0.05, 0.1) is 23.1 Å². The van der Waals surface area contributed by atoms with Crippen LogP contribution in [0.15, 0.2) is 53.1 Å². The quantitative estimate of drug-likeness (QED) is 0.294. The van der Waals surface area contributed by atoms with Crippen LogP contribution >= 0.6 is 11.6 Å². The van der Waals surface area contributed by atoms with E-state index in [1.807, 2.05) is 24.3 Å². The van der Waals surface area contributed by atoms with E-state index in [0.29, 0.717) is 36.0 Å². The van der Waals surface area contributed by atoms with E-state index in [4.69, 9.17) is 20.8 Å². The van der Waals surface area contributed by atoms with Gasteiger partial charge in [-0.3, -0.25) is 9.52 Å². The molecular weight excluding hydrogens is 520 g/mol. The van der Waals surface area contributed by atoms with Crippen molar-refractivity contribution in [1.82, 2.24) is 15.2 Å². The maximum atomic E-state index is 12.1. The lowest BCUT2D eigenvalue weighted by atomic mass is 10.1. The van der Waals surface area contributed by atoms with Crippen molar-refractivity contribution in [3.63, 3.8) is 0 Å². The van der Waals surface area contributed by atoms with Crippen LogP contribution in [0.1, 0.15) is 24.0 Å². The Kier molecular flexibility index (Phi) is 8.70. The number of carbonyl (C=O) groups excluding carboxylic acids is 1. The number of aliphatic hydroxyl groups is 1. The number of aliphatic hydroxyl groups excluding tert-OH is 1. The lowest BCUT2D eigenvalue weighted by molar-refractivity contribution is -0.134. The number of oxazole rings is 1. The van der Waals surface area contributed by atoms with Gasteiger partial charge in [-0.2, -0.15) is 0 Å². The summed E-state index contributed by atoms with van der Waals surface area (Å²) in [6, 6.07) is 12.1. The van der Waals surface area contributed by atoms with E-state index in [9.17, 15) is 18.3 Å². The molecule has 0 saturated carbocycles. The zero-order valence-corrected chi connectivity index (χ0v) is 21.9. The lowest BCUT2D eigenvalue weighted by Crippen LogP contribution is -2.42. The number of carbonyl (C=O) groups is 1. The number of amides is 1. The molecule has 0 bridgehead atoms. The molecule has 4 rings (SSSR count). The van der Waals surface area contributed by atoms with Crippen LogP contribution in [-0.2, 0) is 21.2 Å². The molecule has 2 aromatic carbocycles. The number of anilines is 1. The van der Waals surface area contributed by atoms with Gasteiger partial charge < -0.3 is 24.5 Å². The first-order valence-electron chi connectivity index (χ1n) is 11.8. The highest BCUT2D eigenvalue weighted by molar-refractivity contribution is 7.92. The fourth-order valence-electron chi connectivity index (χ4n) is 3.68. The van der Waals surface area contributed by atoms with Crippen LogP contribution in [0.2, 0.25) is 5.02 Å². The topological polar surface area (TPSA) is 134 Å². The number of nitrogens with zero attached hydrogens (tertiary/aromatic N) is 2. The van der Waals surface area contributed by atoms with Gasteiger partial charge in [0.2, 0.25) is 21.8 Å². The van der Waals surface area contributed by atoms with Gasteiger partial charge in [0.25, 0.3) is 0 Å². The van der Waals surface area contributed by atoms with E-state index in [2.05, 4.69) is 15.0 Å². The maximum absolute atomic E-state index is 12.1. The number of rotatable bonds is 12. The molecule has 1 aliphatic rings. The Hall–Kier alpha value is -3.12. The van der Waals surface area contributed by atoms with Crippen molar-refractivity contribution < 1.29 is 27.5 Å². The molecule has 1 atom stereocenters. The number of ether oxygens (including phenoxy) is 1. The Bertz CT molecular complexity index is 1330. The summed E-state index contributed by atoms with van der Waals surface area (Å²) >= 11 is 6.03. The highest BCUT2D eigenvalue weighted by Gasteiger charge is 2.22. The van der Waals surface area contributed by atoms with E-state index in [1.165, 1.54) is 12.1 Å². The summed E-state index contributed by atoms with van der Waals surface area (Å²) in [7, 11) is -3.49. The predicted octanol–water partition coefficient (Wildman–Crippen LogP) is 2.84. The molecule has 1 fully saturated rings. The first kappa shape index (κ1) is 26.9. The van der Waals surface area contributed by atoms with E-state index >= 15 is 0 Å². The van der Waals surface area contributed by atoms with Crippen molar-refractivity contribution in [2.45, 2.75) is 18.9 Å². The van der Waals surface area contributed by atoms with Crippen molar-refractivity contribution in [2.75, 3.05) is 43.8 Å². The number of likely N-dealkylation sites (tertiary alicyclic amines) is 1. The van der Waals surface area contributed by atoms with Crippen molar-refractivity contribution in [1.29, 1.82) is 0 Å². The van der Waals surface area contributed by atoms with Gasteiger partial charge in [-0.1, -0.05) is 17.7 Å². The van der Waals surface area contributed by atoms with Crippen LogP contribution < -0.4 is 14.8 Å². The molecule has 2 heterocycles. The van der Waals surface area contributed by atoms with E-state index in [-0.39, 0.29) is 29.6 Å². The Morgan fingerprint density at radius 3 is 2.68 bits per heavy atom. The van der Waals surface area contributed by atoms with E-state index < -0.39 is 16.1 Å². The third-order valence-electron chi connectivity index (χ3n) is 5.77. The minimum Gasteiger partial charge on any atom is -0.492 e. The number of sulfonamides is 1.